The standard InChI is InChI=1S/C16H24N2O3.ClH/c1-3-20-14-8-7-12(10-15(14)21-4-2)16(19)18-9-5-6-13(18)11-17;/h7-8,10,13H,3-6,9,11,17H2,1-2H3;1H. The molecule has 1 aliphatic rings. The molecular weight excluding hydrogens is 304 g/mol. The number of likely N-dealkylation sites (tertiary alicyclic amines) is 1. The molecule has 0 saturated carbocycles. The molecular formula is C16H25ClN2O3. The number of hydrogen-bond donors (Lipinski definition) is 1. The van der Waals surface area contributed by atoms with E-state index in [1.54, 1.807) is 18.2 Å². The Balaban J connectivity index is 0.00000242. The van der Waals surface area contributed by atoms with Gasteiger partial charge in [0.1, 0.15) is 0 Å². The predicted molar refractivity (Wildman–Crippen MR) is 89.1 cm³/mol. The number of carbonyl (C=O) groups is 1. The van der Waals surface area contributed by atoms with Gasteiger partial charge in [-0.15, -0.1) is 12.4 Å². The van der Waals surface area contributed by atoms with E-state index >= 15 is 0 Å². The van der Waals surface area contributed by atoms with E-state index in [0.717, 1.165) is 19.4 Å². The predicted octanol–water partition coefficient (Wildman–Crippen LogP) is 2.47. The van der Waals surface area contributed by atoms with Crippen molar-refractivity contribution in [3.05, 3.63) is 23.8 Å². The SMILES string of the molecule is CCOc1ccc(C(=O)N2CCCC2CN)cc1OCC.Cl. The molecule has 0 bridgehead atoms. The lowest BCUT2D eigenvalue weighted by Crippen LogP contribution is -2.39. The fraction of sp³-hybridized carbons (Fsp3) is 0.562. The van der Waals surface area contributed by atoms with Crippen LogP contribution in [-0.4, -0.2) is 43.2 Å². The van der Waals surface area contributed by atoms with Crippen LogP contribution in [0.15, 0.2) is 18.2 Å². The fourth-order valence-corrected chi connectivity index (χ4v) is 2.70. The Labute approximate surface area is 138 Å². The third-order valence-corrected chi connectivity index (χ3v) is 3.70. The number of nitrogens with two attached hydrogens (primary N) is 1. The van der Waals surface area contributed by atoms with E-state index in [2.05, 4.69) is 0 Å². The summed E-state index contributed by atoms with van der Waals surface area (Å²) in [5.41, 5.74) is 6.37. The first-order valence-corrected chi connectivity index (χ1v) is 7.61. The number of rotatable bonds is 6. The quantitative estimate of drug-likeness (QED) is 0.871. The molecule has 2 rings (SSSR count). The Kier molecular flexibility index (Phi) is 7.48. The molecule has 0 aliphatic carbocycles. The maximum atomic E-state index is 12.6. The van der Waals surface area contributed by atoms with Gasteiger partial charge in [-0.05, 0) is 44.9 Å². The molecule has 0 radical (unpaired) electrons. The lowest BCUT2D eigenvalue weighted by Gasteiger charge is -2.24. The van der Waals surface area contributed by atoms with E-state index in [9.17, 15) is 4.79 Å². The minimum atomic E-state index is 0. The lowest BCUT2D eigenvalue weighted by molar-refractivity contribution is 0.0740. The largest absolute Gasteiger partial charge is 0.490 e. The Morgan fingerprint density at radius 1 is 1.27 bits per heavy atom. The Bertz CT molecular complexity index is 496. The molecule has 124 valence electrons. The molecule has 1 aliphatic heterocycles. The van der Waals surface area contributed by atoms with Crippen molar-refractivity contribution < 1.29 is 14.3 Å². The molecule has 1 aromatic rings. The highest BCUT2D eigenvalue weighted by Gasteiger charge is 2.28. The molecule has 22 heavy (non-hydrogen) atoms. The van der Waals surface area contributed by atoms with Crippen molar-refractivity contribution >= 4 is 18.3 Å². The summed E-state index contributed by atoms with van der Waals surface area (Å²) in [6, 6.07) is 5.51. The van der Waals surface area contributed by atoms with Gasteiger partial charge in [-0.1, -0.05) is 0 Å². The fourth-order valence-electron chi connectivity index (χ4n) is 2.70. The van der Waals surface area contributed by atoms with Gasteiger partial charge in [0.25, 0.3) is 5.91 Å². The number of halogens is 1. The molecule has 6 heteroatoms. The Morgan fingerprint density at radius 3 is 2.59 bits per heavy atom. The summed E-state index contributed by atoms with van der Waals surface area (Å²) < 4.78 is 11.1. The van der Waals surface area contributed by atoms with Gasteiger partial charge in [0.15, 0.2) is 11.5 Å². The Morgan fingerprint density at radius 2 is 1.95 bits per heavy atom. The van der Waals surface area contributed by atoms with E-state index in [1.165, 1.54) is 0 Å². The summed E-state index contributed by atoms with van der Waals surface area (Å²) in [6.07, 6.45) is 2.00. The zero-order chi connectivity index (χ0) is 15.2. The lowest BCUT2D eigenvalue weighted by atomic mass is 10.1. The molecule has 0 spiro atoms. The average molecular weight is 329 g/mol. The molecule has 1 unspecified atom stereocenters. The van der Waals surface area contributed by atoms with Crippen LogP contribution in [0.5, 0.6) is 11.5 Å². The third-order valence-electron chi connectivity index (χ3n) is 3.70. The number of hydrogen-bond acceptors (Lipinski definition) is 4. The van der Waals surface area contributed by atoms with Crippen molar-refractivity contribution in [3.63, 3.8) is 0 Å². The van der Waals surface area contributed by atoms with Crippen LogP contribution in [0.25, 0.3) is 0 Å². The van der Waals surface area contributed by atoms with Crippen molar-refractivity contribution in [1.82, 2.24) is 4.90 Å². The van der Waals surface area contributed by atoms with Gasteiger partial charge in [-0.2, -0.15) is 0 Å². The van der Waals surface area contributed by atoms with Crippen molar-refractivity contribution in [2.24, 2.45) is 5.73 Å². The Hall–Kier alpha value is -1.46. The molecule has 0 aromatic heterocycles. The van der Waals surface area contributed by atoms with Crippen LogP contribution in [0.4, 0.5) is 0 Å². The van der Waals surface area contributed by atoms with E-state index in [1.807, 2.05) is 18.7 Å². The van der Waals surface area contributed by atoms with Crippen LogP contribution in [0.3, 0.4) is 0 Å². The smallest absolute Gasteiger partial charge is 0.254 e. The molecule has 1 saturated heterocycles. The van der Waals surface area contributed by atoms with Gasteiger partial charge < -0.3 is 20.1 Å². The topological polar surface area (TPSA) is 64.8 Å². The van der Waals surface area contributed by atoms with E-state index in [-0.39, 0.29) is 24.4 Å². The van der Waals surface area contributed by atoms with Crippen LogP contribution in [0.1, 0.15) is 37.0 Å². The van der Waals surface area contributed by atoms with E-state index < -0.39 is 0 Å². The summed E-state index contributed by atoms with van der Waals surface area (Å²) in [4.78, 5) is 14.5. The summed E-state index contributed by atoms with van der Waals surface area (Å²) in [5, 5.41) is 0. The normalized spacial score (nSPS) is 17.0. The maximum Gasteiger partial charge on any atom is 0.254 e. The first-order valence-electron chi connectivity index (χ1n) is 7.61. The van der Waals surface area contributed by atoms with Crippen LogP contribution in [-0.2, 0) is 0 Å². The average Bonchev–Trinajstić information content (AvgIpc) is 2.97. The molecule has 5 nitrogen and oxygen atoms in total. The highest BCUT2D eigenvalue weighted by molar-refractivity contribution is 5.95. The minimum absolute atomic E-state index is 0. The first kappa shape index (κ1) is 18.6. The molecule has 1 fully saturated rings. The van der Waals surface area contributed by atoms with E-state index in [4.69, 9.17) is 15.2 Å². The summed E-state index contributed by atoms with van der Waals surface area (Å²) in [7, 11) is 0. The number of benzene rings is 1. The zero-order valence-corrected chi connectivity index (χ0v) is 14.0. The van der Waals surface area contributed by atoms with Crippen LogP contribution in [0, 0.1) is 0 Å². The second-order valence-corrected chi connectivity index (χ2v) is 5.06. The summed E-state index contributed by atoms with van der Waals surface area (Å²) in [6.45, 7) is 6.22. The van der Waals surface area contributed by atoms with Crippen LogP contribution in [0.2, 0.25) is 0 Å². The second-order valence-electron chi connectivity index (χ2n) is 5.06. The number of carbonyl (C=O) groups excluding carboxylic acids is 1. The van der Waals surface area contributed by atoms with E-state index in [0.29, 0.717) is 36.8 Å². The molecule has 1 amide bonds. The van der Waals surface area contributed by atoms with Crippen LogP contribution >= 0.6 is 12.4 Å². The minimum Gasteiger partial charge on any atom is -0.490 e. The number of ether oxygens (including phenoxy) is 2. The van der Waals surface area contributed by atoms with Gasteiger partial charge in [-0.3, -0.25) is 4.79 Å². The highest BCUT2D eigenvalue weighted by Crippen LogP contribution is 2.30. The number of amides is 1. The molecule has 1 atom stereocenters. The van der Waals surface area contributed by atoms with Crippen molar-refractivity contribution in [2.45, 2.75) is 32.7 Å². The number of nitrogens with zero attached hydrogens (tertiary/aromatic N) is 1. The van der Waals surface area contributed by atoms with Crippen molar-refractivity contribution in [3.8, 4) is 11.5 Å². The summed E-state index contributed by atoms with van der Waals surface area (Å²) in [5.74, 6) is 1.31. The van der Waals surface area contributed by atoms with Gasteiger partial charge in [0.2, 0.25) is 0 Å². The van der Waals surface area contributed by atoms with Crippen molar-refractivity contribution in [1.29, 1.82) is 0 Å². The van der Waals surface area contributed by atoms with Gasteiger partial charge >= 0.3 is 0 Å². The van der Waals surface area contributed by atoms with Gasteiger partial charge in [-0.25, -0.2) is 0 Å². The van der Waals surface area contributed by atoms with Crippen molar-refractivity contribution in [2.75, 3.05) is 26.3 Å². The van der Waals surface area contributed by atoms with Gasteiger partial charge in [0, 0.05) is 24.7 Å². The monoisotopic (exact) mass is 328 g/mol. The van der Waals surface area contributed by atoms with Crippen LogP contribution < -0.4 is 15.2 Å². The zero-order valence-electron chi connectivity index (χ0n) is 13.2. The third kappa shape index (κ3) is 4.05. The van der Waals surface area contributed by atoms with Gasteiger partial charge in [0.05, 0.1) is 13.2 Å². The molecule has 2 N–H and O–H groups in total. The maximum absolute atomic E-state index is 12.6. The second kappa shape index (κ2) is 8.86. The highest BCUT2D eigenvalue weighted by atomic mass is 35.5. The molecule has 1 aromatic carbocycles. The first-order chi connectivity index (χ1) is 10.2. The molecule has 1 heterocycles. The summed E-state index contributed by atoms with van der Waals surface area (Å²) >= 11 is 0.